The number of halogens is 5. The van der Waals surface area contributed by atoms with Crippen molar-refractivity contribution in [3.05, 3.63) is 95.1 Å². The van der Waals surface area contributed by atoms with E-state index in [1.165, 1.54) is 36.4 Å². The maximum atomic E-state index is 13.5. The van der Waals surface area contributed by atoms with Crippen LogP contribution in [0.1, 0.15) is 29.5 Å². The van der Waals surface area contributed by atoms with E-state index in [1.807, 2.05) is 0 Å². The molecule has 0 aromatic heterocycles. The Hall–Kier alpha value is -2.77. The quantitative estimate of drug-likeness (QED) is 0.424. The standard InChI is InChI=1S/C26H24F5NO/c27-23-5-1-19(2-6-23)20-13-18(14-22(15-20)26(29,30)31)16-33-17-25(9-11-32-12-10-25)21-3-7-24(28)8-4-21/h1-8,13-15,32H,9-12,16-17H2. The summed E-state index contributed by atoms with van der Waals surface area (Å²) >= 11 is 0. The van der Waals surface area contributed by atoms with E-state index < -0.39 is 17.6 Å². The van der Waals surface area contributed by atoms with Crippen molar-refractivity contribution >= 4 is 0 Å². The Morgan fingerprint density at radius 2 is 1.39 bits per heavy atom. The van der Waals surface area contributed by atoms with Crippen LogP contribution in [0.15, 0.2) is 66.7 Å². The van der Waals surface area contributed by atoms with Crippen molar-refractivity contribution in [1.29, 1.82) is 0 Å². The maximum absolute atomic E-state index is 13.5. The second kappa shape index (κ2) is 9.61. The molecule has 0 radical (unpaired) electrons. The molecule has 2 nitrogen and oxygen atoms in total. The minimum absolute atomic E-state index is 0.00547. The molecule has 1 aliphatic rings. The first-order valence-corrected chi connectivity index (χ1v) is 10.8. The molecule has 1 aliphatic heterocycles. The van der Waals surface area contributed by atoms with Crippen LogP contribution in [0.25, 0.3) is 11.1 Å². The van der Waals surface area contributed by atoms with E-state index in [0.717, 1.165) is 43.6 Å². The van der Waals surface area contributed by atoms with Gasteiger partial charge in [-0.15, -0.1) is 0 Å². The summed E-state index contributed by atoms with van der Waals surface area (Å²) in [7, 11) is 0. The zero-order chi connectivity index (χ0) is 23.5. The first kappa shape index (κ1) is 23.4. The Labute approximate surface area is 189 Å². The van der Waals surface area contributed by atoms with E-state index in [2.05, 4.69) is 5.32 Å². The second-order valence-corrected chi connectivity index (χ2v) is 8.45. The van der Waals surface area contributed by atoms with Crippen LogP contribution in [0.2, 0.25) is 0 Å². The Kier molecular flexibility index (Phi) is 6.81. The van der Waals surface area contributed by atoms with Crippen LogP contribution in [0.4, 0.5) is 22.0 Å². The van der Waals surface area contributed by atoms with Crippen LogP contribution in [0.5, 0.6) is 0 Å². The van der Waals surface area contributed by atoms with E-state index in [1.54, 1.807) is 18.2 Å². The van der Waals surface area contributed by atoms with E-state index in [4.69, 9.17) is 4.74 Å². The van der Waals surface area contributed by atoms with Crippen LogP contribution in [-0.4, -0.2) is 19.7 Å². The number of piperidine rings is 1. The largest absolute Gasteiger partial charge is 0.416 e. The molecule has 3 aromatic rings. The highest BCUT2D eigenvalue weighted by Gasteiger charge is 2.35. The predicted molar refractivity (Wildman–Crippen MR) is 117 cm³/mol. The molecule has 1 saturated heterocycles. The molecule has 0 amide bonds. The SMILES string of the molecule is Fc1ccc(-c2cc(COCC3(c4ccc(F)cc4)CCNCC3)cc(C(F)(F)F)c2)cc1. The normalized spacial score (nSPS) is 16.0. The van der Waals surface area contributed by atoms with Gasteiger partial charge in [0.05, 0.1) is 18.8 Å². The number of hydrogen-bond donors (Lipinski definition) is 1. The zero-order valence-corrected chi connectivity index (χ0v) is 17.9. The summed E-state index contributed by atoms with van der Waals surface area (Å²) in [5, 5.41) is 3.30. The van der Waals surface area contributed by atoms with E-state index >= 15 is 0 Å². The molecule has 0 saturated carbocycles. The number of hydrogen-bond acceptors (Lipinski definition) is 2. The maximum Gasteiger partial charge on any atom is 0.416 e. The highest BCUT2D eigenvalue weighted by molar-refractivity contribution is 5.65. The molecule has 174 valence electrons. The first-order valence-electron chi connectivity index (χ1n) is 10.8. The molecule has 1 fully saturated rings. The summed E-state index contributed by atoms with van der Waals surface area (Å²) < 4.78 is 73.2. The molecule has 0 aliphatic carbocycles. The molecule has 0 unspecified atom stereocenters. The summed E-state index contributed by atoms with van der Waals surface area (Å²) in [5.41, 5.74) is 1.07. The van der Waals surface area contributed by atoms with Gasteiger partial charge in [0.25, 0.3) is 0 Å². The van der Waals surface area contributed by atoms with Crippen LogP contribution in [0, 0.1) is 11.6 Å². The van der Waals surface area contributed by atoms with Crippen LogP contribution < -0.4 is 5.32 Å². The summed E-state index contributed by atoms with van der Waals surface area (Å²) in [5.74, 6) is -0.775. The van der Waals surface area contributed by atoms with Crippen LogP contribution >= 0.6 is 0 Å². The van der Waals surface area contributed by atoms with Crippen molar-refractivity contribution in [2.75, 3.05) is 19.7 Å². The van der Waals surface area contributed by atoms with E-state index in [9.17, 15) is 22.0 Å². The predicted octanol–water partition coefficient (Wildman–Crippen LogP) is 6.49. The molecule has 1 N–H and O–H groups in total. The lowest BCUT2D eigenvalue weighted by Gasteiger charge is -2.38. The van der Waals surface area contributed by atoms with E-state index in [0.29, 0.717) is 23.3 Å². The topological polar surface area (TPSA) is 21.3 Å². The lowest BCUT2D eigenvalue weighted by Crippen LogP contribution is -2.43. The summed E-state index contributed by atoms with van der Waals surface area (Å²) in [6, 6.07) is 15.5. The summed E-state index contributed by atoms with van der Waals surface area (Å²) in [6.45, 7) is 1.86. The molecular weight excluding hydrogens is 437 g/mol. The Morgan fingerprint density at radius 3 is 2.00 bits per heavy atom. The average molecular weight is 461 g/mol. The lowest BCUT2D eigenvalue weighted by molar-refractivity contribution is -0.137. The van der Waals surface area contributed by atoms with Crippen LogP contribution in [-0.2, 0) is 22.9 Å². The van der Waals surface area contributed by atoms with Gasteiger partial charge in [0, 0.05) is 5.41 Å². The number of benzene rings is 3. The van der Waals surface area contributed by atoms with E-state index in [-0.39, 0.29) is 17.8 Å². The van der Waals surface area contributed by atoms with Crippen molar-refractivity contribution < 1.29 is 26.7 Å². The third-order valence-corrected chi connectivity index (χ3v) is 6.16. The highest BCUT2D eigenvalue weighted by atomic mass is 19.4. The van der Waals surface area contributed by atoms with Crippen LogP contribution in [0.3, 0.4) is 0 Å². The first-order chi connectivity index (χ1) is 15.7. The number of alkyl halides is 3. The Morgan fingerprint density at radius 1 is 0.788 bits per heavy atom. The number of rotatable bonds is 6. The van der Waals surface area contributed by atoms with Gasteiger partial charge in [-0.05, 0) is 90.6 Å². The smallest absolute Gasteiger partial charge is 0.376 e. The summed E-state index contributed by atoms with van der Waals surface area (Å²) in [4.78, 5) is 0. The molecule has 33 heavy (non-hydrogen) atoms. The molecular formula is C26H24F5NO. The average Bonchev–Trinajstić information content (AvgIpc) is 2.80. The van der Waals surface area contributed by atoms with Gasteiger partial charge in [-0.2, -0.15) is 13.2 Å². The fraction of sp³-hybridized carbons (Fsp3) is 0.308. The lowest BCUT2D eigenvalue weighted by atomic mass is 9.74. The Balaban J connectivity index is 1.57. The van der Waals surface area contributed by atoms with Gasteiger partial charge in [0.15, 0.2) is 0 Å². The van der Waals surface area contributed by atoms with Gasteiger partial charge in [-0.25, -0.2) is 8.78 Å². The van der Waals surface area contributed by atoms with Gasteiger partial charge in [-0.1, -0.05) is 24.3 Å². The molecule has 3 aromatic carbocycles. The Bertz CT molecular complexity index is 1070. The third kappa shape index (κ3) is 5.60. The fourth-order valence-corrected chi connectivity index (χ4v) is 4.34. The van der Waals surface area contributed by atoms with Gasteiger partial charge < -0.3 is 10.1 Å². The van der Waals surface area contributed by atoms with Gasteiger partial charge in [0.1, 0.15) is 11.6 Å². The minimum Gasteiger partial charge on any atom is -0.376 e. The fourth-order valence-electron chi connectivity index (χ4n) is 4.34. The van der Waals surface area contributed by atoms with Crippen molar-refractivity contribution in [2.24, 2.45) is 0 Å². The van der Waals surface area contributed by atoms with Crippen molar-refractivity contribution in [3.8, 4) is 11.1 Å². The van der Waals surface area contributed by atoms with Crippen molar-refractivity contribution in [1.82, 2.24) is 5.32 Å². The van der Waals surface area contributed by atoms with Gasteiger partial charge in [-0.3, -0.25) is 0 Å². The molecule has 7 heteroatoms. The molecule has 1 heterocycles. The number of nitrogens with one attached hydrogen (secondary N) is 1. The zero-order valence-electron chi connectivity index (χ0n) is 17.9. The molecule has 0 spiro atoms. The van der Waals surface area contributed by atoms with Crippen molar-refractivity contribution in [2.45, 2.75) is 31.0 Å². The van der Waals surface area contributed by atoms with Gasteiger partial charge in [0.2, 0.25) is 0 Å². The van der Waals surface area contributed by atoms with Gasteiger partial charge >= 0.3 is 6.18 Å². The molecule has 4 rings (SSSR count). The molecule has 0 bridgehead atoms. The molecule has 0 atom stereocenters. The minimum atomic E-state index is -4.52. The third-order valence-electron chi connectivity index (χ3n) is 6.16. The second-order valence-electron chi connectivity index (χ2n) is 8.45. The highest BCUT2D eigenvalue weighted by Crippen LogP contribution is 2.36. The number of ether oxygens (including phenoxy) is 1. The monoisotopic (exact) mass is 461 g/mol. The summed E-state index contributed by atoms with van der Waals surface area (Å²) in [6.07, 6.45) is -2.96. The van der Waals surface area contributed by atoms with Crippen molar-refractivity contribution in [3.63, 3.8) is 0 Å².